The van der Waals surface area contributed by atoms with E-state index in [2.05, 4.69) is 42.2 Å². The van der Waals surface area contributed by atoms with E-state index in [1.165, 1.54) is 24.4 Å². The van der Waals surface area contributed by atoms with Crippen molar-refractivity contribution in [3.63, 3.8) is 0 Å². The van der Waals surface area contributed by atoms with E-state index in [9.17, 15) is 17.6 Å². The number of alkyl halides is 3. The molecule has 2 rings (SSSR count). The molecule has 1 aromatic heterocycles. The summed E-state index contributed by atoms with van der Waals surface area (Å²) >= 11 is 5.88. The van der Waals surface area contributed by atoms with Crippen molar-refractivity contribution in [3.05, 3.63) is 50.8 Å². The van der Waals surface area contributed by atoms with Crippen molar-refractivity contribution in [2.45, 2.75) is 6.18 Å². The SMILES string of the molecule is Fc1cc(Br)cnc1Nc1ccc(Br)c(C(F)(F)F)c1. The van der Waals surface area contributed by atoms with E-state index in [-0.39, 0.29) is 16.0 Å². The Bertz CT molecular complexity index is 644. The molecular formula is C12H6Br2F4N2. The molecule has 20 heavy (non-hydrogen) atoms. The lowest BCUT2D eigenvalue weighted by molar-refractivity contribution is -0.138. The molecule has 0 aliphatic heterocycles. The van der Waals surface area contributed by atoms with Gasteiger partial charge in [0.05, 0.1) is 5.56 Å². The van der Waals surface area contributed by atoms with Crippen molar-refractivity contribution in [3.8, 4) is 0 Å². The van der Waals surface area contributed by atoms with Crippen LogP contribution in [0.25, 0.3) is 0 Å². The minimum absolute atomic E-state index is 0.0835. The van der Waals surface area contributed by atoms with E-state index >= 15 is 0 Å². The van der Waals surface area contributed by atoms with Crippen LogP contribution < -0.4 is 5.32 Å². The third kappa shape index (κ3) is 3.49. The fraction of sp³-hybridized carbons (Fsp3) is 0.0833. The van der Waals surface area contributed by atoms with Crippen molar-refractivity contribution >= 4 is 43.4 Å². The maximum Gasteiger partial charge on any atom is 0.417 e. The molecule has 0 aliphatic carbocycles. The molecule has 0 unspecified atom stereocenters. The molecule has 2 nitrogen and oxygen atoms in total. The number of hydrogen-bond acceptors (Lipinski definition) is 2. The lowest BCUT2D eigenvalue weighted by Gasteiger charge is -2.12. The third-order valence-electron chi connectivity index (χ3n) is 2.34. The minimum Gasteiger partial charge on any atom is -0.338 e. The Kier molecular flexibility index (Phi) is 4.33. The van der Waals surface area contributed by atoms with Crippen LogP contribution in [0.15, 0.2) is 39.4 Å². The number of nitrogens with zero attached hydrogens (tertiary/aromatic N) is 1. The first kappa shape index (κ1) is 15.2. The largest absolute Gasteiger partial charge is 0.417 e. The Morgan fingerprint density at radius 3 is 2.40 bits per heavy atom. The van der Waals surface area contributed by atoms with E-state index < -0.39 is 17.6 Å². The fourth-order valence-corrected chi connectivity index (χ4v) is 2.24. The van der Waals surface area contributed by atoms with Gasteiger partial charge in [0.1, 0.15) is 0 Å². The molecule has 1 heterocycles. The summed E-state index contributed by atoms with van der Waals surface area (Å²) in [5.74, 6) is -0.820. The number of nitrogens with one attached hydrogen (secondary N) is 1. The number of pyridine rings is 1. The van der Waals surface area contributed by atoms with Gasteiger partial charge >= 0.3 is 6.18 Å². The van der Waals surface area contributed by atoms with E-state index in [0.717, 1.165) is 6.07 Å². The molecule has 0 bridgehead atoms. The highest BCUT2D eigenvalue weighted by atomic mass is 79.9. The van der Waals surface area contributed by atoms with Crippen LogP contribution in [0.3, 0.4) is 0 Å². The first-order chi connectivity index (χ1) is 9.27. The smallest absolute Gasteiger partial charge is 0.338 e. The maximum atomic E-state index is 13.6. The van der Waals surface area contributed by atoms with Gasteiger partial charge in [0.15, 0.2) is 11.6 Å². The topological polar surface area (TPSA) is 24.9 Å². The number of anilines is 2. The molecule has 0 atom stereocenters. The van der Waals surface area contributed by atoms with Crippen LogP contribution in [-0.2, 0) is 6.18 Å². The molecule has 0 radical (unpaired) electrons. The number of aromatic nitrogens is 1. The van der Waals surface area contributed by atoms with E-state index in [4.69, 9.17) is 0 Å². The van der Waals surface area contributed by atoms with Crippen LogP contribution in [0.1, 0.15) is 5.56 Å². The summed E-state index contributed by atoms with van der Waals surface area (Å²) in [4.78, 5) is 3.76. The standard InChI is InChI=1S/C12H6Br2F4N2/c13-6-3-10(15)11(19-5-6)20-7-1-2-9(14)8(4-7)12(16,17)18/h1-5H,(H,19,20). The lowest BCUT2D eigenvalue weighted by Crippen LogP contribution is -2.07. The van der Waals surface area contributed by atoms with Gasteiger partial charge in [-0.25, -0.2) is 9.37 Å². The number of benzene rings is 1. The predicted octanol–water partition coefficient (Wildman–Crippen LogP) is 5.51. The second kappa shape index (κ2) is 5.69. The summed E-state index contributed by atoms with van der Waals surface area (Å²) < 4.78 is 52.2. The predicted molar refractivity (Wildman–Crippen MR) is 74.3 cm³/mol. The number of halogens is 6. The van der Waals surface area contributed by atoms with E-state index in [1.54, 1.807) is 0 Å². The van der Waals surface area contributed by atoms with E-state index in [0.29, 0.717) is 4.47 Å². The molecule has 0 fully saturated rings. The molecule has 1 N–H and O–H groups in total. The quantitative estimate of drug-likeness (QED) is 0.657. The zero-order valence-corrected chi connectivity index (χ0v) is 12.8. The van der Waals surface area contributed by atoms with Crippen LogP contribution in [-0.4, -0.2) is 4.98 Å². The van der Waals surface area contributed by atoms with Crippen molar-refractivity contribution in [2.75, 3.05) is 5.32 Å². The second-order valence-corrected chi connectivity index (χ2v) is 5.57. The molecule has 2 aromatic rings. The zero-order valence-electron chi connectivity index (χ0n) is 9.60. The summed E-state index contributed by atoms with van der Waals surface area (Å²) in [5, 5.41) is 2.51. The normalized spacial score (nSPS) is 11.5. The Morgan fingerprint density at radius 2 is 1.80 bits per heavy atom. The number of rotatable bonds is 2. The van der Waals surface area contributed by atoms with E-state index in [1.807, 2.05) is 0 Å². The molecule has 106 valence electrons. The summed E-state index contributed by atoms with van der Waals surface area (Å²) in [5.41, 5.74) is -0.755. The van der Waals surface area contributed by atoms with Gasteiger partial charge in [0.2, 0.25) is 0 Å². The maximum absolute atomic E-state index is 13.6. The van der Waals surface area contributed by atoms with Crippen LogP contribution >= 0.6 is 31.9 Å². The Hall–Kier alpha value is -1.15. The first-order valence-corrected chi connectivity index (χ1v) is 6.81. The fourth-order valence-electron chi connectivity index (χ4n) is 1.46. The summed E-state index contributed by atoms with van der Waals surface area (Å²) in [7, 11) is 0. The molecule has 0 saturated heterocycles. The highest BCUT2D eigenvalue weighted by Crippen LogP contribution is 2.36. The van der Waals surface area contributed by atoms with Crippen LogP contribution in [0, 0.1) is 5.82 Å². The number of hydrogen-bond donors (Lipinski definition) is 1. The van der Waals surface area contributed by atoms with Crippen LogP contribution in [0.4, 0.5) is 29.1 Å². The molecule has 0 aliphatic rings. The summed E-state index contributed by atoms with van der Waals surface area (Å²) in [6.45, 7) is 0. The van der Waals surface area contributed by atoms with Gasteiger partial charge in [0.25, 0.3) is 0 Å². The van der Waals surface area contributed by atoms with Gasteiger partial charge in [0, 0.05) is 20.8 Å². The van der Waals surface area contributed by atoms with Crippen molar-refractivity contribution < 1.29 is 17.6 Å². The second-order valence-electron chi connectivity index (χ2n) is 3.80. The van der Waals surface area contributed by atoms with Gasteiger partial charge < -0.3 is 5.32 Å². The van der Waals surface area contributed by atoms with Crippen molar-refractivity contribution in [1.82, 2.24) is 4.98 Å². The first-order valence-electron chi connectivity index (χ1n) is 5.22. The monoisotopic (exact) mass is 412 g/mol. The average molecular weight is 414 g/mol. The van der Waals surface area contributed by atoms with Gasteiger partial charge in [-0.1, -0.05) is 15.9 Å². The Balaban J connectivity index is 2.35. The third-order valence-corrected chi connectivity index (χ3v) is 3.47. The van der Waals surface area contributed by atoms with Gasteiger partial charge in [-0.3, -0.25) is 0 Å². The molecule has 1 aromatic carbocycles. The molecule has 0 saturated carbocycles. The zero-order chi connectivity index (χ0) is 14.9. The Labute approximate surface area is 128 Å². The van der Waals surface area contributed by atoms with Crippen molar-refractivity contribution in [1.29, 1.82) is 0 Å². The van der Waals surface area contributed by atoms with Crippen molar-refractivity contribution in [2.24, 2.45) is 0 Å². The van der Waals surface area contributed by atoms with Gasteiger partial charge in [-0.05, 0) is 40.2 Å². The molecule has 0 spiro atoms. The Morgan fingerprint density at radius 1 is 1.10 bits per heavy atom. The van der Waals surface area contributed by atoms with Crippen LogP contribution in [0.2, 0.25) is 0 Å². The van der Waals surface area contributed by atoms with Crippen LogP contribution in [0.5, 0.6) is 0 Å². The highest BCUT2D eigenvalue weighted by Gasteiger charge is 2.33. The molecule has 8 heteroatoms. The average Bonchev–Trinajstić information content (AvgIpc) is 2.33. The molecule has 0 amide bonds. The molecular weight excluding hydrogens is 408 g/mol. The minimum atomic E-state index is -4.50. The van der Waals surface area contributed by atoms with Gasteiger partial charge in [-0.15, -0.1) is 0 Å². The van der Waals surface area contributed by atoms with Gasteiger partial charge in [-0.2, -0.15) is 13.2 Å². The summed E-state index contributed by atoms with van der Waals surface area (Å²) in [6, 6.07) is 4.68. The lowest BCUT2D eigenvalue weighted by atomic mass is 10.2. The summed E-state index contributed by atoms with van der Waals surface area (Å²) in [6.07, 6.45) is -3.16. The highest BCUT2D eigenvalue weighted by molar-refractivity contribution is 9.10.